The smallest absolute Gasteiger partial charge is 0.286 e. The minimum atomic E-state index is -0.222. The van der Waals surface area contributed by atoms with Gasteiger partial charge in [0, 0.05) is 38.7 Å². The zero-order valence-electron chi connectivity index (χ0n) is 14.4. The summed E-state index contributed by atoms with van der Waals surface area (Å²) in [7, 11) is 0. The minimum Gasteiger partial charge on any atom is -0.493 e. The lowest BCUT2D eigenvalue weighted by atomic mass is 10.2. The fourth-order valence-corrected chi connectivity index (χ4v) is 3.73. The third kappa shape index (κ3) is 4.04. The van der Waals surface area contributed by atoms with Crippen molar-refractivity contribution in [3.8, 4) is 5.75 Å². The van der Waals surface area contributed by atoms with Crippen molar-refractivity contribution in [2.24, 2.45) is 4.99 Å². The Morgan fingerprint density at radius 1 is 1.28 bits per heavy atom. The summed E-state index contributed by atoms with van der Waals surface area (Å²) in [6.45, 7) is 6.80. The van der Waals surface area contributed by atoms with Crippen LogP contribution in [-0.4, -0.2) is 59.6 Å². The topological polar surface area (TPSA) is 62.2 Å². The first-order chi connectivity index (χ1) is 12.1. The van der Waals surface area contributed by atoms with Gasteiger partial charge in [0.05, 0.1) is 11.5 Å². The number of amidine groups is 1. The van der Waals surface area contributed by atoms with Crippen LogP contribution in [0.15, 0.2) is 34.2 Å². The molecule has 132 valence electrons. The molecule has 2 heterocycles. The van der Waals surface area contributed by atoms with Gasteiger partial charge >= 0.3 is 0 Å². The monoisotopic (exact) mass is 359 g/mol. The summed E-state index contributed by atoms with van der Waals surface area (Å²) in [5.41, 5.74) is 0.873. The molecule has 0 atom stereocenters. The van der Waals surface area contributed by atoms with E-state index >= 15 is 0 Å². The van der Waals surface area contributed by atoms with Gasteiger partial charge in [-0.1, -0.05) is 18.2 Å². The van der Waals surface area contributed by atoms with Gasteiger partial charge in [-0.05, 0) is 30.8 Å². The molecule has 0 unspecified atom stereocenters. The maximum Gasteiger partial charge on any atom is 0.286 e. The van der Waals surface area contributed by atoms with Gasteiger partial charge in [0.15, 0.2) is 5.17 Å². The zero-order valence-corrected chi connectivity index (χ0v) is 15.2. The molecule has 2 aliphatic rings. The molecule has 0 radical (unpaired) electrons. The molecule has 6 nitrogen and oxygen atoms in total. The van der Waals surface area contributed by atoms with E-state index in [1.807, 2.05) is 42.2 Å². The molecule has 1 fully saturated rings. The summed E-state index contributed by atoms with van der Waals surface area (Å²) in [5, 5.41) is 0.716. The Morgan fingerprint density at radius 3 is 2.68 bits per heavy atom. The summed E-state index contributed by atoms with van der Waals surface area (Å²) in [6.07, 6.45) is 1.83. The molecule has 2 aliphatic heterocycles. The number of ether oxygens (including phenoxy) is 1. The zero-order chi connectivity index (χ0) is 17.8. The Morgan fingerprint density at radius 2 is 2.00 bits per heavy atom. The second kappa shape index (κ2) is 7.74. The van der Waals surface area contributed by atoms with E-state index in [0.717, 1.165) is 11.3 Å². The molecule has 1 aromatic carbocycles. The number of para-hydroxylation sites is 1. The number of carbonyl (C=O) groups excluding carboxylic acids is 2. The highest BCUT2D eigenvalue weighted by Crippen LogP contribution is 2.32. The summed E-state index contributed by atoms with van der Waals surface area (Å²) in [4.78, 5) is 32.3. The fourth-order valence-electron chi connectivity index (χ4n) is 2.77. The van der Waals surface area contributed by atoms with Gasteiger partial charge in [-0.25, -0.2) is 0 Å². The number of amides is 2. The van der Waals surface area contributed by atoms with Gasteiger partial charge in [-0.15, -0.1) is 0 Å². The molecular weight excluding hydrogens is 338 g/mol. The van der Waals surface area contributed by atoms with Crippen molar-refractivity contribution in [1.29, 1.82) is 0 Å². The third-order valence-corrected chi connectivity index (χ3v) is 5.15. The first kappa shape index (κ1) is 17.5. The Hall–Kier alpha value is -2.28. The quantitative estimate of drug-likeness (QED) is 0.775. The number of aliphatic imine (C=N–C) groups is 1. The van der Waals surface area contributed by atoms with E-state index in [2.05, 4.69) is 9.89 Å². The second-order valence-electron chi connectivity index (χ2n) is 5.77. The van der Waals surface area contributed by atoms with Crippen molar-refractivity contribution in [1.82, 2.24) is 9.80 Å². The number of carbonyl (C=O) groups is 2. The number of nitrogens with zero attached hydrogens (tertiary/aromatic N) is 3. The van der Waals surface area contributed by atoms with E-state index < -0.39 is 0 Å². The molecule has 0 N–H and O–H groups in total. The van der Waals surface area contributed by atoms with Crippen LogP contribution in [0.4, 0.5) is 0 Å². The SMILES string of the molecule is CCOc1ccccc1/C=C1\SC(N2CCN(C(C)=O)CC2)=NC1=O. The lowest BCUT2D eigenvalue weighted by molar-refractivity contribution is -0.130. The van der Waals surface area contributed by atoms with Crippen LogP contribution in [0, 0.1) is 0 Å². The van der Waals surface area contributed by atoms with E-state index in [-0.39, 0.29) is 11.8 Å². The number of hydrogen-bond acceptors (Lipinski definition) is 5. The summed E-state index contributed by atoms with van der Waals surface area (Å²) in [5.74, 6) is 0.625. The standard InChI is InChI=1S/C18H21N3O3S/c1-3-24-15-7-5-4-6-14(15)12-16-17(23)19-18(25-16)21-10-8-20(9-11-21)13(2)22/h4-7,12H,3,8-11H2,1-2H3/b16-12-. The van der Waals surface area contributed by atoms with E-state index in [1.54, 1.807) is 6.92 Å². The van der Waals surface area contributed by atoms with E-state index in [9.17, 15) is 9.59 Å². The van der Waals surface area contributed by atoms with Crippen LogP contribution in [0.2, 0.25) is 0 Å². The van der Waals surface area contributed by atoms with E-state index in [0.29, 0.717) is 42.9 Å². The first-order valence-corrected chi connectivity index (χ1v) is 9.15. The summed E-state index contributed by atoms with van der Waals surface area (Å²) < 4.78 is 5.61. The van der Waals surface area contributed by atoms with Crippen molar-refractivity contribution in [3.63, 3.8) is 0 Å². The van der Waals surface area contributed by atoms with Gasteiger partial charge < -0.3 is 14.5 Å². The van der Waals surface area contributed by atoms with Gasteiger partial charge in [0.1, 0.15) is 5.75 Å². The lowest BCUT2D eigenvalue weighted by Crippen LogP contribution is -2.49. The van der Waals surface area contributed by atoms with Crippen molar-refractivity contribution < 1.29 is 14.3 Å². The van der Waals surface area contributed by atoms with Crippen molar-refractivity contribution in [3.05, 3.63) is 34.7 Å². The highest BCUT2D eigenvalue weighted by Gasteiger charge is 2.29. The van der Waals surface area contributed by atoms with Gasteiger partial charge in [0.25, 0.3) is 5.91 Å². The van der Waals surface area contributed by atoms with Crippen LogP contribution in [-0.2, 0) is 9.59 Å². The number of hydrogen-bond donors (Lipinski definition) is 0. The fraction of sp³-hybridized carbons (Fsp3) is 0.389. The van der Waals surface area contributed by atoms with E-state index in [1.165, 1.54) is 11.8 Å². The van der Waals surface area contributed by atoms with Crippen molar-refractivity contribution in [2.75, 3.05) is 32.8 Å². The second-order valence-corrected chi connectivity index (χ2v) is 6.78. The Balaban J connectivity index is 1.70. The van der Waals surface area contributed by atoms with Crippen molar-refractivity contribution in [2.45, 2.75) is 13.8 Å². The van der Waals surface area contributed by atoms with E-state index in [4.69, 9.17) is 4.74 Å². The van der Waals surface area contributed by atoms with Gasteiger partial charge in [0.2, 0.25) is 5.91 Å². The lowest BCUT2D eigenvalue weighted by Gasteiger charge is -2.34. The average Bonchev–Trinajstić information content (AvgIpc) is 2.98. The number of benzene rings is 1. The Labute approximate surface area is 151 Å². The Kier molecular flexibility index (Phi) is 5.43. The number of piperazine rings is 1. The molecule has 0 saturated carbocycles. The third-order valence-electron chi connectivity index (χ3n) is 4.11. The van der Waals surface area contributed by atoms with Gasteiger partial charge in [-0.2, -0.15) is 4.99 Å². The Bertz CT molecular complexity index is 737. The molecule has 0 aliphatic carbocycles. The summed E-state index contributed by atoms with van der Waals surface area (Å²) in [6, 6.07) is 7.65. The largest absolute Gasteiger partial charge is 0.493 e. The summed E-state index contributed by atoms with van der Waals surface area (Å²) >= 11 is 1.39. The maximum atomic E-state index is 12.3. The highest BCUT2D eigenvalue weighted by atomic mass is 32.2. The molecular formula is C18H21N3O3S. The van der Waals surface area contributed by atoms with Gasteiger partial charge in [-0.3, -0.25) is 9.59 Å². The molecule has 1 saturated heterocycles. The molecule has 0 spiro atoms. The minimum absolute atomic E-state index is 0.0878. The molecule has 2 amide bonds. The molecule has 3 rings (SSSR count). The van der Waals surface area contributed by atoms with Crippen LogP contribution in [0.25, 0.3) is 6.08 Å². The normalized spacial score (nSPS) is 19.4. The maximum absolute atomic E-state index is 12.3. The van der Waals surface area contributed by atoms with Crippen LogP contribution in [0.3, 0.4) is 0 Å². The molecule has 1 aromatic rings. The predicted molar refractivity (Wildman–Crippen MR) is 99.4 cm³/mol. The molecule has 25 heavy (non-hydrogen) atoms. The first-order valence-electron chi connectivity index (χ1n) is 8.33. The molecule has 0 bridgehead atoms. The van der Waals surface area contributed by atoms with Crippen LogP contribution >= 0.6 is 11.8 Å². The predicted octanol–water partition coefficient (Wildman–Crippen LogP) is 2.22. The van der Waals surface area contributed by atoms with Crippen LogP contribution < -0.4 is 4.74 Å². The number of thioether (sulfide) groups is 1. The highest BCUT2D eigenvalue weighted by molar-refractivity contribution is 8.18. The van der Waals surface area contributed by atoms with Crippen LogP contribution in [0.1, 0.15) is 19.4 Å². The molecule has 0 aromatic heterocycles. The average molecular weight is 359 g/mol. The van der Waals surface area contributed by atoms with Crippen LogP contribution in [0.5, 0.6) is 5.75 Å². The number of rotatable bonds is 3. The molecule has 7 heteroatoms. The van der Waals surface area contributed by atoms with Crippen molar-refractivity contribution >= 4 is 34.8 Å².